The minimum atomic E-state index is -3.42. The Morgan fingerprint density at radius 2 is 1.48 bits per heavy atom. The molecule has 0 amide bonds. The van der Waals surface area contributed by atoms with Crippen molar-refractivity contribution in [3.8, 4) is 0 Å². The first-order chi connectivity index (χ1) is 9.99. The predicted octanol–water partition coefficient (Wildman–Crippen LogP) is 2.68. The Morgan fingerprint density at radius 1 is 0.905 bits per heavy atom. The van der Waals surface area contributed by atoms with E-state index in [0.717, 1.165) is 5.56 Å². The number of hydrogen-bond acceptors (Lipinski definition) is 3. The van der Waals surface area contributed by atoms with Crippen LogP contribution in [-0.4, -0.2) is 19.5 Å². The average molecular weight is 304 g/mol. The van der Waals surface area contributed by atoms with E-state index < -0.39 is 15.8 Å². The molecule has 5 heteroatoms. The fourth-order valence-electron chi connectivity index (χ4n) is 2.10. The van der Waals surface area contributed by atoms with Crippen molar-refractivity contribution < 1.29 is 18.3 Å². The van der Waals surface area contributed by atoms with Gasteiger partial charge in [-0.1, -0.05) is 42.5 Å². The molecule has 0 radical (unpaired) electrons. The van der Waals surface area contributed by atoms with Gasteiger partial charge in [0.1, 0.15) is 0 Å². The van der Waals surface area contributed by atoms with Crippen LogP contribution in [0.3, 0.4) is 0 Å². The van der Waals surface area contributed by atoms with Crippen LogP contribution in [0.4, 0.5) is 0 Å². The highest BCUT2D eigenvalue weighted by atomic mass is 32.2. The molecule has 0 aliphatic heterocycles. The van der Waals surface area contributed by atoms with Crippen molar-refractivity contribution >= 4 is 15.8 Å². The van der Waals surface area contributed by atoms with Crippen LogP contribution in [0.25, 0.3) is 0 Å². The molecule has 0 fully saturated rings. The molecule has 1 N–H and O–H groups in total. The fraction of sp³-hybridized carbons (Fsp3) is 0.188. The van der Waals surface area contributed by atoms with Gasteiger partial charge in [-0.05, 0) is 29.7 Å². The molecule has 0 spiro atoms. The van der Waals surface area contributed by atoms with Gasteiger partial charge in [-0.3, -0.25) is 4.79 Å². The van der Waals surface area contributed by atoms with Gasteiger partial charge in [-0.15, -0.1) is 0 Å². The van der Waals surface area contributed by atoms with Gasteiger partial charge in [0, 0.05) is 6.42 Å². The maximum atomic E-state index is 12.4. The molecule has 0 aromatic heterocycles. The lowest BCUT2D eigenvalue weighted by atomic mass is 10.0. The summed E-state index contributed by atoms with van der Waals surface area (Å²) < 4.78 is 24.8. The van der Waals surface area contributed by atoms with Gasteiger partial charge in [-0.25, -0.2) is 8.42 Å². The quantitative estimate of drug-likeness (QED) is 0.890. The molecule has 0 saturated carbocycles. The van der Waals surface area contributed by atoms with Gasteiger partial charge in [0.25, 0.3) is 0 Å². The second-order valence-corrected chi connectivity index (χ2v) is 6.72. The van der Waals surface area contributed by atoms with Crippen molar-refractivity contribution in [3.05, 3.63) is 65.7 Å². The van der Waals surface area contributed by atoms with Gasteiger partial charge in [-0.2, -0.15) is 0 Å². The number of hydrogen-bond donors (Lipinski definition) is 1. The van der Waals surface area contributed by atoms with E-state index in [2.05, 4.69) is 0 Å². The van der Waals surface area contributed by atoms with E-state index in [1.807, 2.05) is 0 Å². The second kappa shape index (κ2) is 6.54. The average Bonchev–Trinajstić information content (AvgIpc) is 2.47. The Morgan fingerprint density at radius 3 is 2.10 bits per heavy atom. The SMILES string of the molecule is O=C(O)CCc1ccccc1CS(=O)(=O)c1ccccc1. The highest BCUT2D eigenvalue weighted by Crippen LogP contribution is 2.19. The highest BCUT2D eigenvalue weighted by molar-refractivity contribution is 7.90. The molecular weight excluding hydrogens is 288 g/mol. The zero-order valence-electron chi connectivity index (χ0n) is 11.4. The molecule has 0 bridgehead atoms. The molecule has 0 saturated heterocycles. The van der Waals surface area contributed by atoms with Crippen LogP contribution >= 0.6 is 0 Å². The van der Waals surface area contributed by atoms with Gasteiger partial charge < -0.3 is 5.11 Å². The van der Waals surface area contributed by atoms with Crippen LogP contribution in [0.1, 0.15) is 17.5 Å². The standard InChI is InChI=1S/C16H16O4S/c17-16(18)11-10-13-6-4-5-7-14(13)12-21(19,20)15-8-2-1-3-9-15/h1-9H,10-12H2,(H,17,18). The van der Waals surface area contributed by atoms with E-state index >= 15 is 0 Å². The Hall–Kier alpha value is -2.14. The number of aryl methyl sites for hydroxylation is 1. The first-order valence-corrected chi connectivity index (χ1v) is 8.20. The van der Waals surface area contributed by atoms with Crippen LogP contribution in [0.15, 0.2) is 59.5 Å². The zero-order chi connectivity index (χ0) is 15.3. The van der Waals surface area contributed by atoms with Crippen molar-refractivity contribution in [2.75, 3.05) is 0 Å². The molecule has 2 aromatic rings. The lowest BCUT2D eigenvalue weighted by Crippen LogP contribution is -2.08. The van der Waals surface area contributed by atoms with Crippen molar-refractivity contribution in [1.29, 1.82) is 0 Å². The van der Waals surface area contributed by atoms with Crippen molar-refractivity contribution in [2.45, 2.75) is 23.5 Å². The van der Waals surface area contributed by atoms with E-state index in [1.165, 1.54) is 0 Å². The topological polar surface area (TPSA) is 71.4 Å². The third-order valence-corrected chi connectivity index (χ3v) is 4.86. The summed E-state index contributed by atoms with van der Waals surface area (Å²) in [5.74, 6) is -1.01. The van der Waals surface area contributed by atoms with Crippen LogP contribution in [0.2, 0.25) is 0 Å². The molecule has 0 atom stereocenters. The van der Waals surface area contributed by atoms with Crippen LogP contribution in [-0.2, 0) is 26.8 Å². The summed E-state index contributed by atoms with van der Waals surface area (Å²) in [5.41, 5.74) is 1.42. The van der Waals surface area contributed by atoms with Gasteiger partial charge in [0.05, 0.1) is 10.6 Å². The molecule has 110 valence electrons. The summed E-state index contributed by atoms with van der Waals surface area (Å²) in [6.45, 7) is 0. The summed E-state index contributed by atoms with van der Waals surface area (Å²) in [6.07, 6.45) is 0.318. The number of carbonyl (C=O) groups is 1. The fourth-order valence-corrected chi connectivity index (χ4v) is 3.53. The first kappa shape index (κ1) is 15.3. The normalized spacial score (nSPS) is 11.2. The maximum Gasteiger partial charge on any atom is 0.303 e. The van der Waals surface area contributed by atoms with Gasteiger partial charge in [0.15, 0.2) is 9.84 Å². The molecular formula is C16H16O4S. The molecule has 0 unspecified atom stereocenters. The van der Waals surface area contributed by atoms with E-state index in [1.54, 1.807) is 54.6 Å². The predicted molar refractivity (Wildman–Crippen MR) is 79.7 cm³/mol. The zero-order valence-corrected chi connectivity index (χ0v) is 12.2. The smallest absolute Gasteiger partial charge is 0.303 e. The number of rotatable bonds is 6. The third kappa shape index (κ3) is 4.16. The number of benzene rings is 2. The molecule has 0 aliphatic rings. The summed E-state index contributed by atoms with van der Waals surface area (Å²) >= 11 is 0. The molecule has 0 aliphatic carbocycles. The number of aliphatic carboxylic acids is 1. The highest BCUT2D eigenvalue weighted by Gasteiger charge is 2.17. The summed E-state index contributed by atoms with van der Waals surface area (Å²) in [6, 6.07) is 15.3. The van der Waals surface area contributed by atoms with Crippen LogP contribution in [0.5, 0.6) is 0 Å². The minimum absolute atomic E-state index is 0.0115. The monoisotopic (exact) mass is 304 g/mol. The van der Waals surface area contributed by atoms with Crippen LogP contribution < -0.4 is 0 Å². The third-order valence-electron chi connectivity index (χ3n) is 3.17. The minimum Gasteiger partial charge on any atom is -0.481 e. The van der Waals surface area contributed by atoms with Crippen LogP contribution in [0, 0.1) is 0 Å². The lowest BCUT2D eigenvalue weighted by Gasteiger charge is -2.09. The van der Waals surface area contributed by atoms with Gasteiger partial charge >= 0.3 is 5.97 Å². The Kier molecular flexibility index (Phi) is 4.75. The second-order valence-electron chi connectivity index (χ2n) is 4.73. The largest absolute Gasteiger partial charge is 0.481 e. The van der Waals surface area contributed by atoms with Crippen molar-refractivity contribution in [3.63, 3.8) is 0 Å². The Labute approximate surface area is 124 Å². The summed E-state index contributed by atoms with van der Waals surface area (Å²) in [5, 5.41) is 8.76. The van der Waals surface area contributed by atoms with Gasteiger partial charge in [0.2, 0.25) is 0 Å². The van der Waals surface area contributed by atoms with E-state index in [0.29, 0.717) is 12.0 Å². The number of carboxylic acids is 1. The van der Waals surface area contributed by atoms with E-state index in [9.17, 15) is 13.2 Å². The van der Waals surface area contributed by atoms with Crippen molar-refractivity contribution in [1.82, 2.24) is 0 Å². The Balaban J connectivity index is 2.25. The van der Waals surface area contributed by atoms with Crippen molar-refractivity contribution in [2.24, 2.45) is 0 Å². The lowest BCUT2D eigenvalue weighted by molar-refractivity contribution is -0.136. The first-order valence-electron chi connectivity index (χ1n) is 6.55. The molecule has 2 rings (SSSR count). The summed E-state index contributed by atoms with van der Waals surface area (Å²) in [7, 11) is -3.42. The number of sulfone groups is 1. The molecule has 4 nitrogen and oxygen atoms in total. The molecule has 2 aromatic carbocycles. The van der Waals surface area contributed by atoms with E-state index in [4.69, 9.17) is 5.11 Å². The number of carboxylic acid groups (broad SMARTS) is 1. The molecule has 21 heavy (non-hydrogen) atoms. The van der Waals surface area contributed by atoms with E-state index in [-0.39, 0.29) is 17.1 Å². The summed E-state index contributed by atoms with van der Waals surface area (Å²) in [4.78, 5) is 10.9. The maximum absolute atomic E-state index is 12.4. The molecule has 0 heterocycles. The Bertz CT molecular complexity index is 721.